The number of nitrogens with one attached hydrogen (secondary N) is 2. The first-order valence-corrected chi connectivity index (χ1v) is 14.7. The SMILES string of the molecule is C=C(/C(C(=O)c1c[nH]c(C(=O)NCCN2CCCCC2)c1)=C(/C)OC)c1ccc(PCc2ccccc2)cc1. The molecule has 2 aromatic carbocycles. The lowest BCUT2D eigenvalue weighted by Crippen LogP contribution is -2.37. The molecule has 1 amide bonds. The molecule has 1 aliphatic rings. The van der Waals surface area contributed by atoms with E-state index in [1.54, 1.807) is 26.3 Å². The van der Waals surface area contributed by atoms with E-state index < -0.39 is 0 Å². The number of methoxy groups -OCH3 is 1. The molecule has 39 heavy (non-hydrogen) atoms. The molecule has 1 aromatic heterocycles. The third kappa shape index (κ3) is 7.78. The van der Waals surface area contributed by atoms with Gasteiger partial charge < -0.3 is 19.9 Å². The summed E-state index contributed by atoms with van der Waals surface area (Å²) in [5, 5.41) is 4.21. The van der Waals surface area contributed by atoms with Crippen molar-refractivity contribution in [3.8, 4) is 0 Å². The number of allylic oxidation sites excluding steroid dienone is 3. The smallest absolute Gasteiger partial charge is 0.267 e. The number of hydrogen-bond acceptors (Lipinski definition) is 4. The van der Waals surface area contributed by atoms with Crippen LogP contribution in [0, 0.1) is 0 Å². The van der Waals surface area contributed by atoms with Gasteiger partial charge in [-0.15, -0.1) is 0 Å². The molecular formula is C32H38N3O3P. The average molecular weight is 544 g/mol. The third-order valence-electron chi connectivity index (χ3n) is 7.11. The molecule has 0 radical (unpaired) electrons. The minimum atomic E-state index is -0.238. The number of hydrogen-bond donors (Lipinski definition) is 2. The molecule has 3 aromatic rings. The van der Waals surface area contributed by atoms with Crippen LogP contribution in [0.15, 0.2) is 84.8 Å². The lowest BCUT2D eigenvalue weighted by molar-refractivity contribution is 0.0942. The van der Waals surface area contributed by atoms with E-state index in [1.807, 2.05) is 18.2 Å². The van der Waals surface area contributed by atoms with Crippen LogP contribution >= 0.6 is 8.58 Å². The van der Waals surface area contributed by atoms with E-state index in [1.165, 1.54) is 30.1 Å². The molecule has 2 heterocycles. The highest BCUT2D eigenvalue weighted by atomic mass is 31.1. The van der Waals surface area contributed by atoms with Gasteiger partial charge in [0.05, 0.1) is 12.7 Å². The zero-order valence-corrected chi connectivity index (χ0v) is 23.9. The van der Waals surface area contributed by atoms with E-state index in [0.29, 0.717) is 43.3 Å². The maximum Gasteiger partial charge on any atom is 0.267 e. The molecule has 1 unspecified atom stereocenters. The molecule has 1 saturated heterocycles. The van der Waals surface area contributed by atoms with Gasteiger partial charge in [0.2, 0.25) is 0 Å². The zero-order chi connectivity index (χ0) is 27.6. The molecular weight excluding hydrogens is 505 g/mol. The van der Waals surface area contributed by atoms with Crippen molar-refractivity contribution in [2.24, 2.45) is 0 Å². The van der Waals surface area contributed by atoms with Crippen LogP contribution in [0.25, 0.3) is 5.57 Å². The fourth-order valence-corrected chi connectivity index (χ4v) is 5.80. The number of carbonyl (C=O) groups excluding carboxylic acids is 2. The van der Waals surface area contributed by atoms with E-state index in [9.17, 15) is 9.59 Å². The van der Waals surface area contributed by atoms with Crippen molar-refractivity contribution in [1.82, 2.24) is 15.2 Å². The van der Waals surface area contributed by atoms with Gasteiger partial charge in [-0.05, 0) is 67.1 Å². The van der Waals surface area contributed by atoms with Gasteiger partial charge in [-0.3, -0.25) is 9.59 Å². The number of rotatable bonds is 12. The van der Waals surface area contributed by atoms with Gasteiger partial charge in [-0.1, -0.05) is 76.2 Å². The lowest BCUT2D eigenvalue weighted by atomic mass is 9.93. The Morgan fingerprint density at radius 1 is 1.03 bits per heavy atom. The molecule has 1 fully saturated rings. The van der Waals surface area contributed by atoms with Gasteiger partial charge in [0.1, 0.15) is 11.5 Å². The Hall–Kier alpha value is -3.47. The Kier molecular flexibility index (Phi) is 10.3. The molecule has 204 valence electrons. The first-order chi connectivity index (χ1) is 19.0. The second-order valence-electron chi connectivity index (χ2n) is 9.82. The minimum absolute atomic E-state index is 0.217. The molecule has 2 N–H and O–H groups in total. The van der Waals surface area contributed by atoms with Gasteiger partial charge in [-0.25, -0.2) is 0 Å². The Balaban J connectivity index is 1.40. The van der Waals surface area contributed by atoms with E-state index in [2.05, 4.69) is 58.2 Å². The summed E-state index contributed by atoms with van der Waals surface area (Å²) in [4.78, 5) is 31.6. The van der Waals surface area contributed by atoms with Gasteiger partial charge in [0, 0.05) is 24.8 Å². The highest BCUT2D eigenvalue weighted by Gasteiger charge is 2.22. The van der Waals surface area contributed by atoms with Crippen LogP contribution in [0.3, 0.4) is 0 Å². The number of H-pyrrole nitrogens is 1. The summed E-state index contributed by atoms with van der Waals surface area (Å²) in [5.41, 5.74) is 3.91. The van der Waals surface area contributed by atoms with E-state index in [-0.39, 0.29) is 11.7 Å². The number of likely N-dealkylation sites (tertiary alicyclic amines) is 1. The van der Waals surface area contributed by atoms with Gasteiger partial charge in [-0.2, -0.15) is 0 Å². The molecule has 7 heteroatoms. The third-order valence-corrected chi connectivity index (χ3v) is 8.44. The molecule has 0 saturated carbocycles. The standard InChI is InChI=1S/C32H38N3O3P/c1-23(26-12-14-28(15-13-26)39-22-25-10-6-4-7-11-25)30(24(2)38-3)31(36)27-20-29(34-21-27)32(37)33-16-19-35-17-8-5-9-18-35/h4,6-7,10-15,20-21,34,39H,1,5,8-9,16-19,22H2,2-3H3,(H,33,37)/b30-24+. The number of ether oxygens (including phenoxy) is 1. The Bertz CT molecular complexity index is 1310. The predicted octanol–water partition coefficient (Wildman–Crippen LogP) is 5.55. The summed E-state index contributed by atoms with van der Waals surface area (Å²) in [7, 11) is 2.20. The number of benzene rings is 2. The summed E-state index contributed by atoms with van der Waals surface area (Å²) < 4.78 is 5.48. The number of aromatic nitrogens is 1. The maximum absolute atomic E-state index is 13.6. The topological polar surface area (TPSA) is 74.4 Å². The molecule has 4 rings (SSSR count). The highest BCUT2D eigenvalue weighted by Crippen LogP contribution is 2.28. The summed E-state index contributed by atoms with van der Waals surface area (Å²) in [5.74, 6) is 0.0255. The van der Waals surface area contributed by atoms with E-state index >= 15 is 0 Å². The predicted molar refractivity (Wildman–Crippen MR) is 161 cm³/mol. The summed E-state index contributed by atoms with van der Waals surface area (Å²) in [6, 6.07) is 20.2. The van der Waals surface area contributed by atoms with E-state index in [0.717, 1.165) is 31.4 Å². The number of Topliss-reactive ketones (excluding diaryl/α,β-unsaturated/α-hetero) is 1. The first kappa shape index (κ1) is 28.5. The van der Waals surface area contributed by atoms with Crippen molar-refractivity contribution in [2.75, 3.05) is 33.3 Å². The van der Waals surface area contributed by atoms with Crippen molar-refractivity contribution < 1.29 is 14.3 Å². The van der Waals surface area contributed by atoms with E-state index in [4.69, 9.17) is 4.74 Å². The van der Waals surface area contributed by atoms with Crippen LogP contribution in [0.4, 0.5) is 0 Å². The quantitative estimate of drug-likeness (QED) is 0.103. The molecule has 0 spiro atoms. The molecule has 6 nitrogen and oxygen atoms in total. The number of aromatic amines is 1. The summed E-state index contributed by atoms with van der Waals surface area (Å²) >= 11 is 0. The first-order valence-electron chi connectivity index (χ1n) is 13.5. The van der Waals surface area contributed by atoms with Crippen molar-refractivity contribution in [3.63, 3.8) is 0 Å². The average Bonchev–Trinajstić information content (AvgIpc) is 3.48. The van der Waals surface area contributed by atoms with Crippen LogP contribution in [0.5, 0.6) is 0 Å². The minimum Gasteiger partial charge on any atom is -0.501 e. The molecule has 0 bridgehead atoms. The number of nitrogens with zero attached hydrogens (tertiary/aromatic N) is 1. The van der Waals surface area contributed by atoms with Crippen LogP contribution < -0.4 is 10.6 Å². The Morgan fingerprint density at radius 2 is 1.74 bits per heavy atom. The van der Waals surface area contributed by atoms with Crippen LogP contribution in [-0.2, 0) is 10.9 Å². The Morgan fingerprint density at radius 3 is 2.44 bits per heavy atom. The van der Waals surface area contributed by atoms with Gasteiger partial charge in [0.15, 0.2) is 5.78 Å². The van der Waals surface area contributed by atoms with Crippen molar-refractivity contribution in [3.05, 3.63) is 107 Å². The monoisotopic (exact) mass is 543 g/mol. The van der Waals surface area contributed by atoms with Crippen LogP contribution in [-0.4, -0.2) is 54.9 Å². The number of ketones is 1. The van der Waals surface area contributed by atoms with Gasteiger partial charge >= 0.3 is 0 Å². The van der Waals surface area contributed by atoms with Crippen LogP contribution in [0.2, 0.25) is 0 Å². The van der Waals surface area contributed by atoms with Crippen molar-refractivity contribution in [1.29, 1.82) is 0 Å². The number of carbonyl (C=O) groups is 2. The fourth-order valence-electron chi connectivity index (χ4n) is 4.75. The van der Waals surface area contributed by atoms with Crippen molar-refractivity contribution in [2.45, 2.75) is 32.3 Å². The van der Waals surface area contributed by atoms with Gasteiger partial charge in [0.25, 0.3) is 5.91 Å². The number of piperidine rings is 1. The zero-order valence-electron chi connectivity index (χ0n) is 22.9. The second kappa shape index (κ2) is 14.1. The lowest BCUT2D eigenvalue weighted by Gasteiger charge is -2.26. The maximum atomic E-state index is 13.6. The molecule has 1 aliphatic heterocycles. The normalized spacial score (nSPS) is 14.7. The number of amides is 1. The Labute approximate surface area is 233 Å². The molecule has 1 atom stereocenters. The highest BCUT2D eigenvalue weighted by molar-refractivity contribution is 7.46. The molecule has 0 aliphatic carbocycles. The van der Waals surface area contributed by atoms with Crippen LogP contribution in [0.1, 0.15) is 58.2 Å². The largest absolute Gasteiger partial charge is 0.501 e. The van der Waals surface area contributed by atoms with Crippen molar-refractivity contribution >= 4 is 31.1 Å². The second-order valence-corrected chi connectivity index (χ2v) is 11.1. The summed E-state index contributed by atoms with van der Waals surface area (Å²) in [6.07, 6.45) is 6.29. The summed E-state index contributed by atoms with van der Waals surface area (Å²) in [6.45, 7) is 9.59. The fraction of sp³-hybridized carbons (Fsp3) is 0.312.